The highest BCUT2D eigenvalue weighted by atomic mass is 32.2. The van der Waals surface area contributed by atoms with E-state index in [1.807, 2.05) is 0 Å². The molecule has 1 unspecified atom stereocenters. The highest BCUT2D eigenvalue weighted by Crippen LogP contribution is 2.31. The number of nitrogens with one attached hydrogen (secondary N) is 1. The molecule has 0 aliphatic carbocycles. The molecule has 9 heteroatoms. The Labute approximate surface area is 145 Å². The van der Waals surface area contributed by atoms with E-state index >= 15 is 0 Å². The highest BCUT2D eigenvalue weighted by molar-refractivity contribution is 7.92. The summed E-state index contributed by atoms with van der Waals surface area (Å²) >= 11 is 1.23. The number of benzene rings is 1. The third-order valence-electron chi connectivity index (χ3n) is 3.34. The van der Waals surface area contributed by atoms with Gasteiger partial charge in [0.15, 0.2) is 9.84 Å². The molecule has 0 bridgehead atoms. The van der Waals surface area contributed by atoms with Crippen LogP contribution in [0.25, 0.3) is 0 Å². The van der Waals surface area contributed by atoms with E-state index in [9.17, 15) is 21.2 Å². The van der Waals surface area contributed by atoms with Crippen LogP contribution < -0.4 is 4.72 Å². The van der Waals surface area contributed by atoms with Gasteiger partial charge in [-0.2, -0.15) is 0 Å². The Kier molecular flexibility index (Phi) is 6.13. The molecule has 1 aromatic heterocycles. The molecule has 24 heavy (non-hydrogen) atoms. The molecular formula is C15H18FNO4S3. The number of hydrogen-bond donors (Lipinski definition) is 1. The van der Waals surface area contributed by atoms with Crippen LogP contribution in [0, 0.1) is 5.82 Å². The zero-order chi connectivity index (χ0) is 17.8. The third kappa shape index (κ3) is 4.62. The second kappa shape index (κ2) is 7.73. The van der Waals surface area contributed by atoms with Crippen molar-refractivity contribution >= 4 is 31.2 Å². The summed E-state index contributed by atoms with van der Waals surface area (Å²) in [5.41, 5.74) is 0. The standard InChI is InChI=1S/C15H18FNO4S3/c1-2-10-23(18,19)17-11-15(14-4-3-9-22-14)24(20,21)13-7-5-12(16)6-8-13/h3-9,15,17H,2,10-11H2,1H3. The minimum Gasteiger partial charge on any atom is -0.223 e. The first-order chi connectivity index (χ1) is 11.3. The van der Waals surface area contributed by atoms with Crippen molar-refractivity contribution in [1.29, 1.82) is 0 Å². The van der Waals surface area contributed by atoms with Crippen molar-refractivity contribution in [2.75, 3.05) is 12.3 Å². The average molecular weight is 392 g/mol. The summed E-state index contributed by atoms with van der Waals surface area (Å²) in [6, 6.07) is 7.86. The monoisotopic (exact) mass is 391 g/mol. The largest absolute Gasteiger partial charge is 0.223 e. The van der Waals surface area contributed by atoms with E-state index in [0.717, 1.165) is 12.1 Å². The molecule has 132 valence electrons. The molecule has 0 radical (unpaired) electrons. The maximum absolute atomic E-state index is 13.1. The summed E-state index contributed by atoms with van der Waals surface area (Å²) in [7, 11) is -7.40. The van der Waals surface area contributed by atoms with Gasteiger partial charge in [0, 0.05) is 11.4 Å². The molecule has 2 aromatic rings. The summed E-state index contributed by atoms with van der Waals surface area (Å²) in [4.78, 5) is 0.482. The van der Waals surface area contributed by atoms with Crippen molar-refractivity contribution < 1.29 is 21.2 Å². The number of halogens is 1. The van der Waals surface area contributed by atoms with Crippen LogP contribution in [0.4, 0.5) is 4.39 Å². The highest BCUT2D eigenvalue weighted by Gasteiger charge is 2.31. The molecule has 0 saturated carbocycles. The van der Waals surface area contributed by atoms with Gasteiger partial charge in [-0.15, -0.1) is 11.3 Å². The molecule has 0 fully saturated rings. The first kappa shape index (κ1) is 19.0. The Bertz CT molecular complexity index is 860. The van der Waals surface area contributed by atoms with Crippen LogP contribution >= 0.6 is 11.3 Å². The molecule has 1 N–H and O–H groups in total. The van der Waals surface area contributed by atoms with Gasteiger partial charge in [0.2, 0.25) is 10.0 Å². The fourth-order valence-electron chi connectivity index (χ4n) is 2.17. The van der Waals surface area contributed by atoms with Gasteiger partial charge in [-0.1, -0.05) is 13.0 Å². The van der Waals surface area contributed by atoms with Crippen LogP contribution in [-0.2, 0) is 19.9 Å². The molecule has 2 rings (SSSR count). The van der Waals surface area contributed by atoms with E-state index in [-0.39, 0.29) is 17.2 Å². The molecule has 1 heterocycles. The molecular weight excluding hydrogens is 373 g/mol. The third-order valence-corrected chi connectivity index (χ3v) is 8.13. The molecule has 1 aromatic carbocycles. The van der Waals surface area contributed by atoms with E-state index in [1.165, 1.54) is 23.5 Å². The molecule has 0 spiro atoms. The number of sulfonamides is 1. The van der Waals surface area contributed by atoms with Crippen molar-refractivity contribution in [3.05, 3.63) is 52.5 Å². The minimum atomic E-state index is -3.86. The van der Waals surface area contributed by atoms with Crippen molar-refractivity contribution in [3.8, 4) is 0 Å². The Morgan fingerprint density at radius 3 is 2.33 bits per heavy atom. The van der Waals surface area contributed by atoms with Gasteiger partial charge in [-0.05, 0) is 42.1 Å². The smallest absolute Gasteiger partial charge is 0.211 e. The molecule has 0 amide bonds. The summed E-state index contributed by atoms with van der Waals surface area (Å²) in [5, 5.41) is 0.665. The van der Waals surface area contributed by atoms with Crippen LogP contribution in [0.5, 0.6) is 0 Å². The van der Waals surface area contributed by atoms with Crippen molar-refractivity contribution in [2.45, 2.75) is 23.5 Å². The van der Waals surface area contributed by atoms with Gasteiger partial charge in [-0.3, -0.25) is 0 Å². The molecule has 0 aliphatic rings. The van der Waals surface area contributed by atoms with Crippen LogP contribution in [0.3, 0.4) is 0 Å². The van der Waals surface area contributed by atoms with E-state index in [1.54, 1.807) is 24.4 Å². The van der Waals surface area contributed by atoms with Crippen LogP contribution in [0.2, 0.25) is 0 Å². The normalized spacial score (nSPS) is 13.8. The minimum absolute atomic E-state index is 0.0445. The van der Waals surface area contributed by atoms with Crippen molar-refractivity contribution in [1.82, 2.24) is 4.72 Å². The lowest BCUT2D eigenvalue weighted by atomic mass is 10.3. The summed E-state index contributed by atoms with van der Waals surface area (Å²) in [6.07, 6.45) is 0.434. The van der Waals surface area contributed by atoms with Gasteiger partial charge in [0.1, 0.15) is 11.1 Å². The van der Waals surface area contributed by atoms with E-state index in [2.05, 4.69) is 4.72 Å². The van der Waals surface area contributed by atoms with Gasteiger partial charge in [0.25, 0.3) is 0 Å². The van der Waals surface area contributed by atoms with Crippen molar-refractivity contribution in [2.24, 2.45) is 0 Å². The Balaban J connectivity index is 2.35. The molecule has 0 aliphatic heterocycles. The van der Waals surface area contributed by atoms with E-state index in [0.29, 0.717) is 11.3 Å². The lowest BCUT2D eigenvalue weighted by Gasteiger charge is -2.17. The van der Waals surface area contributed by atoms with Gasteiger partial charge >= 0.3 is 0 Å². The van der Waals surface area contributed by atoms with Crippen LogP contribution in [0.15, 0.2) is 46.7 Å². The lowest BCUT2D eigenvalue weighted by molar-refractivity contribution is 0.568. The first-order valence-corrected chi connectivity index (χ1v) is 11.3. The number of sulfone groups is 1. The quantitative estimate of drug-likeness (QED) is 0.702. The Morgan fingerprint density at radius 1 is 1.12 bits per heavy atom. The average Bonchev–Trinajstić information content (AvgIpc) is 3.01. The zero-order valence-corrected chi connectivity index (χ0v) is 15.4. The van der Waals surface area contributed by atoms with Gasteiger partial charge in [0.05, 0.1) is 10.6 Å². The fourth-order valence-corrected chi connectivity index (χ4v) is 6.16. The number of rotatable bonds is 8. The second-order valence-corrected chi connectivity index (χ2v) is 10.2. The Morgan fingerprint density at radius 2 is 1.79 bits per heavy atom. The van der Waals surface area contributed by atoms with Gasteiger partial charge in [-0.25, -0.2) is 25.9 Å². The van der Waals surface area contributed by atoms with Gasteiger partial charge < -0.3 is 0 Å². The summed E-state index contributed by atoms with van der Waals surface area (Å²) in [5.74, 6) is -0.605. The fraction of sp³-hybridized carbons (Fsp3) is 0.333. The second-order valence-electron chi connectivity index (χ2n) is 5.17. The molecule has 5 nitrogen and oxygen atoms in total. The van der Waals surface area contributed by atoms with Crippen LogP contribution in [0.1, 0.15) is 23.5 Å². The molecule has 0 saturated heterocycles. The maximum Gasteiger partial charge on any atom is 0.211 e. The SMILES string of the molecule is CCCS(=O)(=O)NCC(c1cccs1)S(=O)(=O)c1ccc(F)cc1. The number of hydrogen-bond acceptors (Lipinski definition) is 5. The summed E-state index contributed by atoms with van der Waals surface area (Å²) in [6.45, 7) is 1.47. The number of thiophene rings is 1. The lowest BCUT2D eigenvalue weighted by Crippen LogP contribution is -2.33. The first-order valence-electron chi connectivity index (χ1n) is 7.26. The van der Waals surface area contributed by atoms with E-state index in [4.69, 9.17) is 0 Å². The predicted molar refractivity (Wildman–Crippen MR) is 92.7 cm³/mol. The zero-order valence-electron chi connectivity index (χ0n) is 13.0. The maximum atomic E-state index is 13.1. The van der Waals surface area contributed by atoms with E-state index < -0.39 is 30.9 Å². The summed E-state index contributed by atoms with van der Waals surface area (Å²) < 4.78 is 64.9. The van der Waals surface area contributed by atoms with Crippen LogP contribution in [-0.4, -0.2) is 29.1 Å². The topological polar surface area (TPSA) is 80.3 Å². The molecule has 1 atom stereocenters. The van der Waals surface area contributed by atoms with Crippen molar-refractivity contribution in [3.63, 3.8) is 0 Å². The predicted octanol–water partition coefficient (Wildman–Crippen LogP) is 2.73. The Hall–Kier alpha value is -1.29.